The molecule has 0 saturated heterocycles. The van der Waals surface area contributed by atoms with E-state index in [1.54, 1.807) is 11.3 Å². The fourth-order valence-corrected chi connectivity index (χ4v) is 2.55. The Kier molecular flexibility index (Phi) is 4.52. The molecule has 19 heavy (non-hydrogen) atoms. The molecule has 0 fully saturated rings. The fraction of sp³-hybridized carbons (Fsp3) is 0.500. The van der Waals surface area contributed by atoms with Crippen molar-refractivity contribution in [1.82, 2.24) is 14.9 Å². The molecule has 2 aromatic rings. The van der Waals surface area contributed by atoms with Gasteiger partial charge in [-0.2, -0.15) is 4.98 Å². The van der Waals surface area contributed by atoms with Gasteiger partial charge in [-0.1, -0.05) is 0 Å². The maximum atomic E-state index is 5.40. The first kappa shape index (κ1) is 14.0. The molecule has 6 nitrogen and oxygen atoms in total. The number of anilines is 2. The van der Waals surface area contributed by atoms with Gasteiger partial charge < -0.3 is 10.2 Å². The molecule has 2 heterocycles. The average Bonchev–Trinajstić information content (AvgIpc) is 2.84. The number of aromatic nitrogens is 2. The summed E-state index contributed by atoms with van der Waals surface area (Å²) >= 11 is 1.58. The second kappa shape index (κ2) is 6.14. The molecule has 2 aromatic heterocycles. The summed E-state index contributed by atoms with van der Waals surface area (Å²) in [6, 6.07) is 2.37. The number of rotatable bonds is 6. The highest BCUT2D eigenvalue weighted by Gasteiger charge is 2.11. The zero-order valence-corrected chi connectivity index (χ0v) is 12.3. The number of fused-ring (bicyclic) bond motifs is 1. The van der Waals surface area contributed by atoms with Crippen LogP contribution in [0.4, 0.5) is 11.8 Å². The van der Waals surface area contributed by atoms with Gasteiger partial charge in [0, 0.05) is 6.04 Å². The summed E-state index contributed by atoms with van der Waals surface area (Å²) in [6.07, 6.45) is 1.05. The van der Waals surface area contributed by atoms with Gasteiger partial charge in [-0.3, -0.25) is 5.43 Å². The lowest BCUT2D eigenvalue weighted by Gasteiger charge is -2.18. The van der Waals surface area contributed by atoms with Crippen LogP contribution in [0.3, 0.4) is 0 Å². The Morgan fingerprint density at radius 3 is 2.89 bits per heavy atom. The van der Waals surface area contributed by atoms with Crippen molar-refractivity contribution >= 4 is 33.3 Å². The Morgan fingerprint density at radius 1 is 1.42 bits per heavy atom. The van der Waals surface area contributed by atoms with E-state index in [0.717, 1.165) is 29.0 Å². The van der Waals surface area contributed by atoms with Crippen molar-refractivity contribution in [2.45, 2.75) is 19.4 Å². The molecule has 0 aliphatic rings. The van der Waals surface area contributed by atoms with Crippen molar-refractivity contribution < 1.29 is 0 Å². The predicted molar refractivity (Wildman–Crippen MR) is 81.5 cm³/mol. The van der Waals surface area contributed by atoms with Gasteiger partial charge in [-0.15, -0.1) is 11.3 Å². The minimum Gasteiger partial charge on any atom is -0.367 e. The molecule has 4 N–H and O–H groups in total. The maximum Gasteiger partial charge on any atom is 0.240 e. The standard InChI is InChI=1S/C12H20N6S/c1-8(4-6-18(2)3)14-10-9-5-7-19-11(9)16-12(15-10)17-13/h5,7-8H,4,6,13H2,1-3H3,(H2,14,15,16,17). The average molecular weight is 280 g/mol. The van der Waals surface area contributed by atoms with Crippen LogP contribution in [0.1, 0.15) is 13.3 Å². The van der Waals surface area contributed by atoms with Crippen molar-refractivity contribution in [3.05, 3.63) is 11.4 Å². The largest absolute Gasteiger partial charge is 0.367 e. The third-order valence-electron chi connectivity index (χ3n) is 2.85. The van der Waals surface area contributed by atoms with E-state index in [4.69, 9.17) is 5.84 Å². The Morgan fingerprint density at radius 2 is 2.21 bits per heavy atom. The smallest absolute Gasteiger partial charge is 0.240 e. The SMILES string of the molecule is CC(CCN(C)C)Nc1nc(NN)nc2sccc12. The van der Waals surface area contributed by atoms with Gasteiger partial charge in [-0.25, -0.2) is 10.8 Å². The van der Waals surface area contributed by atoms with Crippen molar-refractivity contribution in [2.24, 2.45) is 5.84 Å². The minimum atomic E-state index is 0.339. The van der Waals surface area contributed by atoms with Gasteiger partial charge in [0.25, 0.3) is 0 Å². The van der Waals surface area contributed by atoms with E-state index in [0.29, 0.717) is 12.0 Å². The van der Waals surface area contributed by atoms with Crippen molar-refractivity contribution in [1.29, 1.82) is 0 Å². The number of thiophene rings is 1. The van der Waals surface area contributed by atoms with Crippen LogP contribution in [0.15, 0.2) is 11.4 Å². The van der Waals surface area contributed by atoms with Crippen molar-refractivity contribution in [3.8, 4) is 0 Å². The molecule has 1 unspecified atom stereocenters. The number of hydrazine groups is 1. The van der Waals surface area contributed by atoms with Crippen LogP contribution in [0.2, 0.25) is 0 Å². The van der Waals surface area contributed by atoms with Crippen LogP contribution in [0.5, 0.6) is 0 Å². The zero-order chi connectivity index (χ0) is 13.8. The number of nitrogens with one attached hydrogen (secondary N) is 2. The van der Waals surface area contributed by atoms with Gasteiger partial charge >= 0.3 is 0 Å². The van der Waals surface area contributed by atoms with Crippen molar-refractivity contribution in [3.63, 3.8) is 0 Å². The Balaban J connectivity index is 2.16. The van der Waals surface area contributed by atoms with Crippen LogP contribution in [-0.2, 0) is 0 Å². The first-order valence-corrected chi connectivity index (χ1v) is 7.11. The molecule has 104 valence electrons. The molecule has 2 rings (SSSR count). The summed E-state index contributed by atoms with van der Waals surface area (Å²) in [5, 5.41) is 6.49. The lowest BCUT2D eigenvalue weighted by Crippen LogP contribution is -2.23. The van der Waals surface area contributed by atoms with Gasteiger partial charge in [-0.05, 0) is 45.4 Å². The third-order valence-corrected chi connectivity index (χ3v) is 3.65. The molecule has 0 radical (unpaired) electrons. The summed E-state index contributed by atoms with van der Waals surface area (Å²) in [5.41, 5.74) is 2.51. The molecule has 0 aliphatic carbocycles. The lowest BCUT2D eigenvalue weighted by molar-refractivity contribution is 0.390. The van der Waals surface area contributed by atoms with E-state index in [1.807, 2.05) is 11.4 Å². The molecule has 7 heteroatoms. The summed E-state index contributed by atoms with van der Waals surface area (Å²) in [4.78, 5) is 11.8. The van der Waals surface area contributed by atoms with Crippen molar-refractivity contribution in [2.75, 3.05) is 31.4 Å². The number of hydrogen-bond acceptors (Lipinski definition) is 7. The highest BCUT2D eigenvalue weighted by molar-refractivity contribution is 7.16. The molecular weight excluding hydrogens is 260 g/mol. The van der Waals surface area contributed by atoms with E-state index in [9.17, 15) is 0 Å². The van der Waals surface area contributed by atoms with Gasteiger partial charge in [0.1, 0.15) is 10.6 Å². The molecule has 0 bridgehead atoms. The topological polar surface area (TPSA) is 79.1 Å². The zero-order valence-electron chi connectivity index (χ0n) is 11.5. The molecule has 0 aromatic carbocycles. The maximum absolute atomic E-state index is 5.40. The summed E-state index contributed by atoms with van der Waals surface area (Å²) in [5.74, 6) is 6.68. The van der Waals surface area contributed by atoms with Crippen LogP contribution in [0, 0.1) is 0 Å². The molecule has 0 spiro atoms. The minimum absolute atomic E-state index is 0.339. The monoisotopic (exact) mass is 280 g/mol. The van der Waals surface area contributed by atoms with Crippen LogP contribution < -0.4 is 16.6 Å². The number of nitrogens with zero attached hydrogens (tertiary/aromatic N) is 3. The summed E-state index contributed by atoms with van der Waals surface area (Å²) in [7, 11) is 4.15. The summed E-state index contributed by atoms with van der Waals surface area (Å²) in [6.45, 7) is 3.19. The Hall–Kier alpha value is -1.44. The molecule has 0 saturated carbocycles. The Labute approximate surface area is 117 Å². The fourth-order valence-electron chi connectivity index (χ4n) is 1.79. The van der Waals surface area contributed by atoms with Gasteiger partial charge in [0.15, 0.2) is 0 Å². The van der Waals surface area contributed by atoms with E-state index < -0.39 is 0 Å². The number of hydrogen-bond donors (Lipinski definition) is 3. The second-order valence-electron chi connectivity index (χ2n) is 4.82. The highest BCUT2D eigenvalue weighted by Crippen LogP contribution is 2.26. The predicted octanol–water partition coefficient (Wildman–Crippen LogP) is 1.73. The molecule has 0 amide bonds. The molecule has 0 aliphatic heterocycles. The number of nitrogen functional groups attached to an aromatic ring is 1. The quantitative estimate of drug-likeness (QED) is 0.552. The summed E-state index contributed by atoms with van der Waals surface area (Å²) < 4.78 is 0. The second-order valence-corrected chi connectivity index (χ2v) is 5.71. The van der Waals surface area contributed by atoms with Crippen LogP contribution in [0.25, 0.3) is 10.2 Å². The highest BCUT2D eigenvalue weighted by atomic mass is 32.1. The van der Waals surface area contributed by atoms with E-state index in [2.05, 4.69) is 46.6 Å². The number of nitrogens with two attached hydrogens (primary N) is 1. The van der Waals surface area contributed by atoms with Gasteiger partial charge in [0.05, 0.1) is 5.39 Å². The Bertz CT molecular complexity index is 538. The van der Waals surface area contributed by atoms with Gasteiger partial charge in [0.2, 0.25) is 5.95 Å². The van der Waals surface area contributed by atoms with E-state index in [-0.39, 0.29) is 0 Å². The van der Waals surface area contributed by atoms with Crippen LogP contribution >= 0.6 is 11.3 Å². The van der Waals surface area contributed by atoms with E-state index >= 15 is 0 Å². The van der Waals surface area contributed by atoms with Crippen LogP contribution in [-0.4, -0.2) is 41.5 Å². The first-order chi connectivity index (χ1) is 9.10. The molecular formula is C12H20N6S. The lowest BCUT2D eigenvalue weighted by atomic mass is 10.2. The molecule has 1 atom stereocenters. The third kappa shape index (κ3) is 3.52. The first-order valence-electron chi connectivity index (χ1n) is 6.23. The van der Waals surface area contributed by atoms with E-state index in [1.165, 1.54) is 0 Å². The normalized spacial score (nSPS) is 12.9.